The fourth-order valence-corrected chi connectivity index (χ4v) is 5.02. The maximum Gasteiger partial charge on any atom is 0.335 e. The summed E-state index contributed by atoms with van der Waals surface area (Å²) < 4.78 is 0. The van der Waals surface area contributed by atoms with Crippen molar-refractivity contribution in [3.05, 3.63) is 113 Å². The zero-order valence-corrected chi connectivity index (χ0v) is 20.8. The molecule has 5 rings (SSSR count). The third-order valence-electron chi connectivity index (χ3n) is 6.87. The molecule has 0 saturated carbocycles. The molecular formula is C30H30N4O3. The maximum absolute atomic E-state index is 12.8. The molecule has 7 nitrogen and oxygen atoms in total. The molecule has 0 bridgehead atoms. The number of rotatable bonds is 9. The number of carboxylic acids is 1. The van der Waals surface area contributed by atoms with Crippen LogP contribution >= 0.6 is 0 Å². The van der Waals surface area contributed by atoms with Crippen molar-refractivity contribution in [2.45, 2.75) is 31.8 Å². The summed E-state index contributed by atoms with van der Waals surface area (Å²) in [6, 6.07) is 24.6. The molecule has 1 atom stereocenters. The van der Waals surface area contributed by atoms with E-state index in [-0.39, 0.29) is 17.5 Å². The van der Waals surface area contributed by atoms with Gasteiger partial charge in [0.05, 0.1) is 17.3 Å². The molecule has 0 spiro atoms. The SMILES string of the molecule is CN(CCCc1[nH]nc(C2Cc3ccccc3C(=O)N2)c1-c1ccc(C(=O)O)cc1)Cc1ccccc1. The number of aromatic nitrogens is 2. The average Bonchev–Trinajstić information content (AvgIpc) is 3.33. The lowest BCUT2D eigenvalue weighted by Crippen LogP contribution is -2.35. The number of hydrogen-bond donors (Lipinski definition) is 3. The molecule has 0 fully saturated rings. The van der Waals surface area contributed by atoms with E-state index in [1.54, 1.807) is 12.1 Å². The van der Waals surface area contributed by atoms with Crippen LogP contribution in [0.25, 0.3) is 11.1 Å². The Kier molecular flexibility index (Phi) is 7.14. The van der Waals surface area contributed by atoms with Gasteiger partial charge in [0.15, 0.2) is 0 Å². The predicted molar refractivity (Wildman–Crippen MR) is 142 cm³/mol. The number of nitrogens with one attached hydrogen (secondary N) is 2. The van der Waals surface area contributed by atoms with Crippen molar-refractivity contribution in [1.82, 2.24) is 20.4 Å². The molecule has 37 heavy (non-hydrogen) atoms. The van der Waals surface area contributed by atoms with Crippen LogP contribution < -0.4 is 5.32 Å². The first-order chi connectivity index (χ1) is 18.0. The third-order valence-corrected chi connectivity index (χ3v) is 6.87. The highest BCUT2D eigenvalue weighted by Crippen LogP contribution is 2.34. The highest BCUT2D eigenvalue weighted by molar-refractivity contribution is 5.97. The van der Waals surface area contributed by atoms with Gasteiger partial charge in [-0.15, -0.1) is 0 Å². The van der Waals surface area contributed by atoms with Crippen molar-refractivity contribution in [1.29, 1.82) is 0 Å². The number of hydrogen-bond acceptors (Lipinski definition) is 4. The van der Waals surface area contributed by atoms with Gasteiger partial charge in [0.2, 0.25) is 0 Å². The normalized spacial score (nSPS) is 14.9. The Morgan fingerprint density at radius 3 is 2.51 bits per heavy atom. The van der Waals surface area contributed by atoms with Gasteiger partial charge in [-0.05, 0) is 67.7 Å². The van der Waals surface area contributed by atoms with Crippen LogP contribution in [0.1, 0.15) is 55.7 Å². The highest BCUT2D eigenvalue weighted by atomic mass is 16.4. The fraction of sp³-hybridized carbons (Fsp3) is 0.233. The van der Waals surface area contributed by atoms with E-state index in [9.17, 15) is 14.7 Å². The number of amides is 1. The highest BCUT2D eigenvalue weighted by Gasteiger charge is 2.30. The fourth-order valence-electron chi connectivity index (χ4n) is 5.02. The first kappa shape index (κ1) is 24.5. The average molecular weight is 495 g/mol. The van der Waals surface area contributed by atoms with Gasteiger partial charge in [-0.1, -0.05) is 60.7 Å². The monoisotopic (exact) mass is 494 g/mol. The first-order valence-corrected chi connectivity index (χ1v) is 12.5. The second-order valence-electron chi connectivity index (χ2n) is 9.56. The molecule has 3 aromatic carbocycles. The van der Waals surface area contributed by atoms with Crippen molar-refractivity contribution in [3.8, 4) is 11.1 Å². The summed E-state index contributed by atoms with van der Waals surface area (Å²) in [5, 5.41) is 20.4. The Balaban J connectivity index is 1.39. The zero-order chi connectivity index (χ0) is 25.8. The van der Waals surface area contributed by atoms with Gasteiger partial charge in [-0.25, -0.2) is 4.79 Å². The van der Waals surface area contributed by atoms with E-state index in [1.807, 2.05) is 42.5 Å². The summed E-state index contributed by atoms with van der Waals surface area (Å²) >= 11 is 0. The van der Waals surface area contributed by atoms with Crippen LogP contribution in [-0.4, -0.2) is 45.7 Å². The van der Waals surface area contributed by atoms with Gasteiger partial charge in [0, 0.05) is 23.4 Å². The summed E-state index contributed by atoms with van der Waals surface area (Å²) in [7, 11) is 2.12. The van der Waals surface area contributed by atoms with E-state index < -0.39 is 5.97 Å². The van der Waals surface area contributed by atoms with Crippen LogP contribution in [-0.2, 0) is 19.4 Å². The van der Waals surface area contributed by atoms with E-state index in [0.29, 0.717) is 12.0 Å². The predicted octanol–water partition coefficient (Wildman–Crippen LogP) is 4.87. The smallest absolute Gasteiger partial charge is 0.335 e. The van der Waals surface area contributed by atoms with Gasteiger partial charge in [0.1, 0.15) is 0 Å². The standard InChI is InChI=1S/C30H30N4O3/c1-34(19-20-8-3-2-4-9-20)17-7-12-25-27(21-13-15-22(16-14-21)30(36)37)28(33-32-25)26-18-23-10-5-6-11-24(23)29(35)31-26/h2-6,8-11,13-16,26H,7,12,17-19H2,1H3,(H,31,35)(H,32,33)(H,36,37). The van der Waals surface area contributed by atoms with Gasteiger partial charge in [-0.3, -0.25) is 9.89 Å². The van der Waals surface area contributed by atoms with Crippen LogP contribution in [0.3, 0.4) is 0 Å². The molecule has 7 heteroatoms. The number of aryl methyl sites for hydroxylation is 1. The number of carbonyl (C=O) groups excluding carboxylic acids is 1. The molecule has 1 unspecified atom stereocenters. The Labute approximate surface area is 216 Å². The number of aromatic amines is 1. The summed E-state index contributed by atoms with van der Waals surface area (Å²) in [5.74, 6) is -1.07. The second kappa shape index (κ2) is 10.8. The number of H-pyrrole nitrogens is 1. The molecule has 4 aromatic rings. The topological polar surface area (TPSA) is 98.3 Å². The van der Waals surface area contributed by atoms with Gasteiger partial charge in [-0.2, -0.15) is 5.10 Å². The molecular weight excluding hydrogens is 464 g/mol. The Bertz CT molecular complexity index is 1400. The first-order valence-electron chi connectivity index (χ1n) is 12.5. The quantitative estimate of drug-likeness (QED) is 0.309. The minimum Gasteiger partial charge on any atom is -0.478 e. The molecule has 1 aliphatic heterocycles. The van der Waals surface area contributed by atoms with Gasteiger partial charge < -0.3 is 15.3 Å². The molecule has 1 aromatic heterocycles. The molecule has 1 aliphatic rings. The molecule has 2 heterocycles. The summed E-state index contributed by atoms with van der Waals surface area (Å²) in [5.41, 5.74) is 6.79. The van der Waals surface area contributed by atoms with Crippen molar-refractivity contribution in [2.24, 2.45) is 0 Å². The molecule has 0 saturated heterocycles. The minimum atomic E-state index is -0.961. The molecule has 188 valence electrons. The van der Waals surface area contributed by atoms with Gasteiger partial charge >= 0.3 is 5.97 Å². The van der Waals surface area contributed by atoms with E-state index in [1.165, 1.54) is 5.56 Å². The Morgan fingerprint density at radius 1 is 1.03 bits per heavy atom. The number of carbonyl (C=O) groups is 2. The lowest BCUT2D eigenvalue weighted by molar-refractivity contribution is 0.0696. The van der Waals surface area contributed by atoms with Crippen LogP contribution in [0.2, 0.25) is 0 Å². The van der Waals surface area contributed by atoms with Gasteiger partial charge in [0.25, 0.3) is 5.91 Å². The van der Waals surface area contributed by atoms with Crippen molar-refractivity contribution in [2.75, 3.05) is 13.6 Å². The van der Waals surface area contributed by atoms with Crippen LogP contribution in [0, 0.1) is 0 Å². The lowest BCUT2D eigenvalue weighted by Gasteiger charge is -2.25. The number of aromatic carboxylic acids is 1. The summed E-state index contributed by atoms with van der Waals surface area (Å²) in [6.45, 7) is 1.79. The third kappa shape index (κ3) is 5.47. The largest absolute Gasteiger partial charge is 0.478 e. The van der Waals surface area contributed by atoms with E-state index >= 15 is 0 Å². The summed E-state index contributed by atoms with van der Waals surface area (Å²) in [6.07, 6.45) is 2.34. The van der Waals surface area contributed by atoms with Crippen LogP contribution in [0.4, 0.5) is 0 Å². The Morgan fingerprint density at radius 2 is 1.76 bits per heavy atom. The molecule has 0 aliphatic carbocycles. The zero-order valence-electron chi connectivity index (χ0n) is 20.8. The molecule has 0 radical (unpaired) electrons. The number of nitrogens with zero attached hydrogens (tertiary/aromatic N) is 2. The Hall–Kier alpha value is -4.23. The molecule has 1 amide bonds. The number of carboxylic acid groups (broad SMARTS) is 1. The van der Waals surface area contributed by atoms with Crippen molar-refractivity contribution < 1.29 is 14.7 Å². The van der Waals surface area contributed by atoms with E-state index in [0.717, 1.165) is 54.0 Å². The maximum atomic E-state index is 12.8. The summed E-state index contributed by atoms with van der Waals surface area (Å²) in [4.78, 5) is 26.5. The molecule has 3 N–H and O–H groups in total. The van der Waals surface area contributed by atoms with Crippen molar-refractivity contribution in [3.63, 3.8) is 0 Å². The van der Waals surface area contributed by atoms with E-state index in [4.69, 9.17) is 0 Å². The van der Waals surface area contributed by atoms with Crippen LogP contribution in [0.15, 0.2) is 78.9 Å². The number of fused-ring (bicyclic) bond motifs is 1. The second-order valence-corrected chi connectivity index (χ2v) is 9.56. The minimum absolute atomic E-state index is 0.105. The lowest BCUT2D eigenvalue weighted by atomic mass is 9.89. The van der Waals surface area contributed by atoms with Crippen LogP contribution in [0.5, 0.6) is 0 Å². The van der Waals surface area contributed by atoms with E-state index in [2.05, 4.69) is 51.7 Å². The number of benzene rings is 3. The van der Waals surface area contributed by atoms with Crippen molar-refractivity contribution >= 4 is 11.9 Å².